The number of aryl methyl sites for hydroxylation is 1. The molecular formula is C14H19N3. The molecule has 0 saturated carbocycles. The minimum absolute atomic E-state index is 0.667. The minimum Gasteiger partial charge on any atom is -0.316 e. The highest BCUT2D eigenvalue weighted by Gasteiger charge is 2.15. The first-order valence-corrected chi connectivity index (χ1v) is 6.55. The Bertz CT molecular complexity index is 509. The van der Waals surface area contributed by atoms with E-state index in [4.69, 9.17) is 0 Å². The fraction of sp³-hybridized carbons (Fsp3) is 0.500. The molecule has 3 rings (SSSR count). The maximum Gasteiger partial charge on any atom is 0.112 e. The first-order valence-electron chi connectivity index (χ1n) is 6.55. The van der Waals surface area contributed by atoms with Gasteiger partial charge in [0.1, 0.15) is 5.82 Å². The number of imidazole rings is 1. The Morgan fingerprint density at radius 2 is 2.41 bits per heavy atom. The van der Waals surface area contributed by atoms with Crippen LogP contribution in [0, 0.1) is 0 Å². The van der Waals surface area contributed by atoms with E-state index in [9.17, 15) is 0 Å². The Kier molecular flexibility index (Phi) is 2.85. The predicted octanol–water partition coefficient (Wildman–Crippen LogP) is 2.36. The van der Waals surface area contributed by atoms with Crippen LogP contribution in [0.2, 0.25) is 0 Å². The third kappa shape index (κ3) is 1.95. The highest BCUT2D eigenvalue weighted by Crippen LogP contribution is 2.24. The molecule has 17 heavy (non-hydrogen) atoms. The molecule has 3 heteroatoms. The fourth-order valence-electron chi connectivity index (χ4n) is 2.70. The van der Waals surface area contributed by atoms with Crippen molar-refractivity contribution in [2.45, 2.75) is 32.1 Å². The first kappa shape index (κ1) is 10.8. The van der Waals surface area contributed by atoms with E-state index in [0.717, 1.165) is 18.8 Å². The highest BCUT2D eigenvalue weighted by molar-refractivity contribution is 5.47. The van der Waals surface area contributed by atoms with E-state index in [1.807, 2.05) is 6.20 Å². The number of nitrogens with one attached hydrogen (secondary N) is 1. The number of aromatic nitrogens is 2. The van der Waals surface area contributed by atoms with Crippen LogP contribution in [-0.4, -0.2) is 22.5 Å². The third-order valence-corrected chi connectivity index (χ3v) is 3.71. The van der Waals surface area contributed by atoms with Crippen molar-refractivity contribution >= 4 is 5.52 Å². The molecule has 1 saturated heterocycles. The van der Waals surface area contributed by atoms with Crippen molar-refractivity contribution < 1.29 is 0 Å². The number of fused-ring (bicyclic) bond motifs is 1. The number of piperidine rings is 1. The molecule has 1 aliphatic rings. The van der Waals surface area contributed by atoms with E-state index >= 15 is 0 Å². The van der Waals surface area contributed by atoms with Crippen molar-refractivity contribution in [3.05, 3.63) is 35.9 Å². The Morgan fingerprint density at radius 1 is 1.47 bits per heavy atom. The molecule has 1 N–H and O–H groups in total. The second kappa shape index (κ2) is 4.49. The number of pyridine rings is 1. The topological polar surface area (TPSA) is 29.3 Å². The van der Waals surface area contributed by atoms with E-state index in [1.54, 1.807) is 0 Å². The van der Waals surface area contributed by atoms with E-state index in [2.05, 4.69) is 40.0 Å². The van der Waals surface area contributed by atoms with Gasteiger partial charge < -0.3 is 9.72 Å². The maximum absolute atomic E-state index is 4.45. The molecule has 2 aromatic rings. The van der Waals surface area contributed by atoms with Crippen LogP contribution in [0.3, 0.4) is 0 Å². The summed E-state index contributed by atoms with van der Waals surface area (Å²) in [7, 11) is 0. The average molecular weight is 229 g/mol. The van der Waals surface area contributed by atoms with Crippen molar-refractivity contribution in [1.82, 2.24) is 14.7 Å². The van der Waals surface area contributed by atoms with Crippen LogP contribution in [0.1, 0.15) is 37.1 Å². The molecule has 1 aliphatic heterocycles. The molecule has 1 fully saturated rings. The summed E-state index contributed by atoms with van der Waals surface area (Å²) >= 11 is 0. The molecule has 1 unspecified atom stereocenters. The Hall–Kier alpha value is -1.35. The Morgan fingerprint density at radius 3 is 3.18 bits per heavy atom. The summed E-state index contributed by atoms with van der Waals surface area (Å²) in [6.45, 7) is 4.44. The summed E-state index contributed by atoms with van der Waals surface area (Å²) in [6.07, 6.45) is 7.81. The normalized spacial score (nSPS) is 20.9. The molecule has 0 radical (unpaired) electrons. The van der Waals surface area contributed by atoms with E-state index in [1.165, 1.54) is 30.5 Å². The number of nitrogens with zero attached hydrogens (tertiary/aromatic N) is 2. The summed E-state index contributed by atoms with van der Waals surface area (Å²) < 4.78 is 2.24. The lowest BCUT2D eigenvalue weighted by molar-refractivity contribution is 0.460. The van der Waals surface area contributed by atoms with E-state index in [-0.39, 0.29) is 0 Å². The van der Waals surface area contributed by atoms with E-state index < -0.39 is 0 Å². The van der Waals surface area contributed by atoms with Gasteiger partial charge in [-0.2, -0.15) is 0 Å². The molecule has 0 spiro atoms. The SMILES string of the molecule is CCc1ncc2ccc(C3CCCNC3)cn12. The molecule has 0 bridgehead atoms. The number of hydrogen-bond donors (Lipinski definition) is 1. The lowest BCUT2D eigenvalue weighted by Gasteiger charge is -2.23. The zero-order valence-corrected chi connectivity index (χ0v) is 10.3. The summed E-state index contributed by atoms with van der Waals surface area (Å²) in [6, 6.07) is 4.45. The van der Waals surface area contributed by atoms with Crippen LogP contribution in [0.15, 0.2) is 24.5 Å². The molecule has 0 aliphatic carbocycles. The smallest absolute Gasteiger partial charge is 0.112 e. The van der Waals surface area contributed by atoms with Crippen molar-refractivity contribution in [2.75, 3.05) is 13.1 Å². The number of hydrogen-bond acceptors (Lipinski definition) is 2. The fourth-order valence-corrected chi connectivity index (χ4v) is 2.70. The van der Waals surface area contributed by atoms with Gasteiger partial charge in [-0.3, -0.25) is 0 Å². The Balaban J connectivity index is 1.99. The lowest BCUT2D eigenvalue weighted by atomic mass is 9.93. The second-order valence-electron chi connectivity index (χ2n) is 4.83. The standard InChI is InChI=1S/C14H19N3/c1-2-14-16-9-13-6-5-12(10-17(13)14)11-4-3-7-15-8-11/h5-6,9-11,15H,2-4,7-8H2,1H3. The third-order valence-electron chi connectivity index (χ3n) is 3.71. The Labute approximate surface area is 102 Å². The van der Waals surface area contributed by atoms with Crippen LogP contribution in [0.4, 0.5) is 0 Å². The van der Waals surface area contributed by atoms with Gasteiger partial charge in [0.2, 0.25) is 0 Å². The molecular weight excluding hydrogens is 210 g/mol. The maximum atomic E-state index is 4.45. The zero-order valence-electron chi connectivity index (χ0n) is 10.3. The summed E-state index contributed by atoms with van der Waals surface area (Å²) in [5.74, 6) is 1.82. The van der Waals surface area contributed by atoms with Crippen molar-refractivity contribution in [3.8, 4) is 0 Å². The first-order chi connectivity index (χ1) is 8.38. The van der Waals surface area contributed by atoms with Gasteiger partial charge in [-0.05, 0) is 36.9 Å². The van der Waals surface area contributed by atoms with Gasteiger partial charge in [-0.25, -0.2) is 4.98 Å². The molecule has 1 atom stereocenters. The molecule has 2 aromatic heterocycles. The zero-order chi connectivity index (χ0) is 11.7. The lowest BCUT2D eigenvalue weighted by Crippen LogP contribution is -2.28. The van der Waals surface area contributed by atoms with Crippen LogP contribution >= 0.6 is 0 Å². The summed E-state index contributed by atoms with van der Waals surface area (Å²) in [5, 5.41) is 3.48. The van der Waals surface area contributed by atoms with Gasteiger partial charge in [-0.15, -0.1) is 0 Å². The summed E-state index contributed by atoms with van der Waals surface area (Å²) in [5.41, 5.74) is 2.65. The quantitative estimate of drug-likeness (QED) is 0.856. The van der Waals surface area contributed by atoms with Crippen LogP contribution in [0.5, 0.6) is 0 Å². The number of rotatable bonds is 2. The summed E-state index contributed by atoms with van der Waals surface area (Å²) in [4.78, 5) is 4.45. The van der Waals surface area contributed by atoms with Crippen LogP contribution in [0.25, 0.3) is 5.52 Å². The van der Waals surface area contributed by atoms with Gasteiger partial charge in [-0.1, -0.05) is 13.0 Å². The van der Waals surface area contributed by atoms with E-state index in [0.29, 0.717) is 5.92 Å². The van der Waals surface area contributed by atoms with Crippen molar-refractivity contribution in [1.29, 1.82) is 0 Å². The highest BCUT2D eigenvalue weighted by atomic mass is 15.0. The molecule has 0 amide bonds. The van der Waals surface area contributed by atoms with Gasteiger partial charge in [0.25, 0.3) is 0 Å². The van der Waals surface area contributed by atoms with Crippen LogP contribution < -0.4 is 5.32 Å². The molecule has 0 aromatic carbocycles. The monoisotopic (exact) mass is 229 g/mol. The van der Waals surface area contributed by atoms with Crippen molar-refractivity contribution in [3.63, 3.8) is 0 Å². The minimum atomic E-state index is 0.667. The molecule has 3 nitrogen and oxygen atoms in total. The van der Waals surface area contributed by atoms with Crippen molar-refractivity contribution in [2.24, 2.45) is 0 Å². The largest absolute Gasteiger partial charge is 0.316 e. The average Bonchev–Trinajstić information content (AvgIpc) is 2.81. The van der Waals surface area contributed by atoms with Gasteiger partial charge >= 0.3 is 0 Å². The molecule has 3 heterocycles. The molecule has 90 valence electrons. The predicted molar refractivity (Wildman–Crippen MR) is 69.4 cm³/mol. The van der Waals surface area contributed by atoms with Crippen LogP contribution in [-0.2, 0) is 6.42 Å². The second-order valence-corrected chi connectivity index (χ2v) is 4.83. The van der Waals surface area contributed by atoms with Gasteiger partial charge in [0.15, 0.2) is 0 Å². The van der Waals surface area contributed by atoms with Gasteiger partial charge in [0.05, 0.1) is 11.7 Å². The van der Waals surface area contributed by atoms with Gasteiger partial charge in [0, 0.05) is 19.2 Å².